The van der Waals surface area contributed by atoms with Gasteiger partial charge in [0, 0.05) is 0 Å². The van der Waals surface area contributed by atoms with Crippen molar-refractivity contribution in [1.29, 1.82) is 0 Å². The molecule has 0 saturated carbocycles. The summed E-state index contributed by atoms with van der Waals surface area (Å²) in [6.07, 6.45) is 0. The molecular weight excluding hydrogens is 861 g/mol. The molecule has 0 aliphatic rings. The van der Waals surface area contributed by atoms with Crippen LogP contribution in [0.1, 0.15) is 68.0 Å². The van der Waals surface area contributed by atoms with Crippen molar-refractivity contribution in [3.05, 3.63) is 273 Å². The minimum atomic E-state index is 0. The van der Waals surface area contributed by atoms with E-state index in [0.717, 1.165) is 44.8 Å². The molecule has 0 atom stereocenters. The fraction of sp³-hybridized carbons (Fsp3) is 0.103. The van der Waals surface area contributed by atoms with Crippen LogP contribution < -0.4 is 19.9 Å². The molecule has 0 spiro atoms. The van der Waals surface area contributed by atoms with Gasteiger partial charge >= 0.3 is 69.4 Å². The van der Waals surface area contributed by atoms with Crippen molar-refractivity contribution >= 4 is 113 Å². The molecule has 10 rings (SSSR count). The van der Waals surface area contributed by atoms with Gasteiger partial charge in [0.1, 0.15) is 0 Å². The van der Waals surface area contributed by atoms with E-state index >= 15 is 0 Å². The average Bonchev–Trinajstić information content (AvgIpc) is 3.94. The Bertz CT molecular complexity index is 2550. The Morgan fingerprint density at radius 1 is 0.258 bits per heavy atom. The van der Waals surface area contributed by atoms with Gasteiger partial charge in [-0.05, 0) is 72.2 Å². The van der Waals surface area contributed by atoms with Gasteiger partial charge in [-0.25, -0.2) is 0 Å². The fourth-order valence-electron chi connectivity index (χ4n) is 8.27. The monoisotopic (exact) mass is 924 g/mol. The normalized spacial score (nSPS) is 9.55. The molecule has 0 unspecified atom stereocenters. The number of rotatable bonds is 6. The number of hydrogen-bond acceptors (Lipinski definition) is 0. The van der Waals surface area contributed by atoms with E-state index in [4.69, 9.17) is 19.9 Å². The molecule has 0 N–H and O–H groups in total. The van der Waals surface area contributed by atoms with Crippen LogP contribution in [0.5, 0.6) is 0 Å². The van der Waals surface area contributed by atoms with Crippen LogP contribution in [-0.2, 0) is 0 Å². The number of aromatic nitrogens is 4. The zero-order valence-corrected chi connectivity index (χ0v) is 45.9. The summed E-state index contributed by atoms with van der Waals surface area (Å²) in [6, 6.07) is 54.8. The van der Waals surface area contributed by atoms with Gasteiger partial charge in [-0.3, -0.25) is 0 Å². The van der Waals surface area contributed by atoms with E-state index in [0.29, 0.717) is 0 Å². The second-order valence-corrected chi connectivity index (χ2v) is 14.2. The van der Waals surface area contributed by atoms with Crippen LogP contribution >= 0.6 is 0 Å². The van der Waals surface area contributed by atoms with Gasteiger partial charge < -0.3 is 79.3 Å². The molecule has 8 heteroatoms. The van der Waals surface area contributed by atoms with Crippen molar-refractivity contribution in [2.75, 3.05) is 0 Å². The summed E-state index contributed by atoms with van der Waals surface area (Å²) < 4.78 is 0. The summed E-state index contributed by atoms with van der Waals surface area (Å²) in [6.45, 7) is 8.72. The average molecular weight is 925 g/mol. The van der Waals surface area contributed by atoms with Gasteiger partial charge in [-0.1, -0.05) is 180 Å². The van der Waals surface area contributed by atoms with Gasteiger partial charge in [-0.15, -0.1) is 44.8 Å². The van der Waals surface area contributed by atoms with Crippen molar-refractivity contribution in [3.63, 3.8) is 0 Å². The van der Waals surface area contributed by atoms with Crippen LogP contribution in [0.15, 0.2) is 158 Å². The predicted octanol–water partition coefficient (Wildman–Crippen LogP) is 13.5. The summed E-state index contributed by atoms with van der Waals surface area (Å²) >= 11 is 0. The van der Waals surface area contributed by atoms with E-state index in [2.05, 4.69) is 185 Å². The molecule has 6 aromatic carbocycles. The number of nitrogens with zero attached hydrogens (tertiary/aromatic N) is 4. The van der Waals surface area contributed by atoms with E-state index in [1.807, 2.05) is 0 Å². The van der Waals surface area contributed by atoms with Crippen molar-refractivity contribution in [1.82, 2.24) is 19.9 Å². The van der Waals surface area contributed by atoms with Crippen LogP contribution in [0.25, 0.3) is 43.6 Å². The molecule has 0 bridgehead atoms. The number of para-hydroxylation sites is 4. The third kappa shape index (κ3) is 12.6. The number of aryl methyl sites for hydroxylation is 4. The molecule has 0 radical (unpaired) electrons. The molecule has 4 heterocycles. The standard InChI is InChI=1S/2C25H20N2.8CH3.4Al/c2*1-16-19-12-6-8-14-21(19)26-24(16)23(18-10-4-3-5-11-18)25-17(2)20-13-7-9-15-22(20)27-25;;;;;;;;;;;;/h2*3-15,23H,1-2H3;8*1H3;;;;/q2*-2;8*-1;4*+3. The molecule has 0 amide bonds. The van der Waals surface area contributed by atoms with Crippen molar-refractivity contribution in [2.24, 2.45) is 0 Å². The summed E-state index contributed by atoms with van der Waals surface area (Å²) in [4.78, 5) is 20.1. The zero-order valence-electron chi connectivity index (χ0n) is 41.3. The van der Waals surface area contributed by atoms with E-state index in [1.54, 1.807) is 0 Å². The largest absolute Gasteiger partial charge is 3.00 e. The molecule has 328 valence electrons. The summed E-state index contributed by atoms with van der Waals surface area (Å²) in [5, 5.41) is 4.90. The first kappa shape index (κ1) is 68.2. The van der Waals surface area contributed by atoms with Crippen LogP contribution in [0.2, 0.25) is 0 Å². The molecule has 0 fully saturated rings. The van der Waals surface area contributed by atoms with E-state index in [1.165, 1.54) is 54.9 Å². The van der Waals surface area contributed by atoms with Crippen molar-refractivity contribution in [2.45, 2.75) is 39.5 Å². The van der Waals surface area contributed by atoms with Crippen molar-refractivity contribution < 1.29 is 0 Å². The van der Waals surface area contributed by atoms with Gasteiger partial charge in [0.15, 0.2) is 0 Å². The topological polar surface area (TPSA) is 56.4 Å². The Hall–Kier alpha value is -4.39. The second kappa shape index (κ2) is 29.4. The number of benzene rings is 6. The maximum atomic E-state index is 5.04. The molecule has 10 aromatic rings. The smallest absolute Gasteiger partial charge is 0.660 e. The van der Waals surface area contributed by atoms with E-state index in [9.17, 15) is 0 Å². The Labute approximate surface area is 442 Å². The summed E-state index contributed by atoms with van der Waals surface area (Å²) in [5.41, 5.74) is 16.1. The first-order valence-electron chi connectivity index (χ1n) is 18.7. The minimum absolute atomic E-state index is 0. The Morgan fingerprint density at radius 2 is 0.439 bits per heavy atom. The maximum absolute atomic E-state index is 5.04. The first-order valence-corrected chi connectivity index (χ1v) is 18.7. The first-order chi connectivity index (χ1) is 26.5. The van der Waals surface area contributed by atoms with E-state index < -0.39 is 0 Å². The Balaban J connectivity index is -0.000000493. The predicted molar refractivity (Wildman–Crippen MR) is 297 cm³/mol. The summed E-state index contributed by atoms with van der Waals surface area (Å²) in [7, 11) is 0. The Kier molecular flexibility index (Phi) is 30.4. The van der Waals surface area contributed by atoms with Crippen LogP contribution in [-0.4, -0.2) is 69.4 Å². The van der Waals surface area contributed by atoms with Gasteiger partial charge in [-0.2, -0.15) is 0 Å². The fourth-order valence-corrected chi connectivity index (χ4v) is 8.27. The zero-order chi connectivity index (χ0) is 36.8. The molecule has 4 aromatic heterocycles. The molecule has 0 aliphatic carbocycles. The van der Waals surface area contributed by atoms with Crippen molar-refractivity contribution in [3.8, 4) is 0 Å². The van der Waals surface area contributed by atoms with Crippen LogP contribution in [0, 0.1) is 87.1 Å². The number of fused-ring (bicyclic) bond motifs is 4. The van der Waals surface area contributed by atoms with Crippen LogP contribution in [0.4, 0.5) is 0 Å². The summed E-state index contributed by atoms with van der Waals surface area (Å²) in [5.74, 6) is 0.0667. The van der Waals surface area contributed by atoms with Gasteiger partial charge in [0.05, 0.1) is 0 Å². The number of hydrogen-bond donors (Lipinski definition) is 0. The van der Waals surface area contributed by atoms with Gasteiger partial charge in [0.2, 0.25) is 0 Å². The minimum Gasteiger partial charge on any atom is -0.660 e. The third-order valence-electron chi connectivity index (χ3n) is 11.1. The molecular formula is C58H64Al4N4. The van der Waals surface area contributed by atoms with E-state index in [-0.39, 0.29) is 141 Å². The SMILES string of the molecule is Cc1c(C(c2ccccc2)c2[n-]c3ccccc3c2C)[n-]c2ccccc12.Cc1c(C(c2ccccc2)c2[n-]c3ccccc3c2C)[n-]c2ccccc12.[Al+3].[Al+3].[Al+3].[Al+3].[CH3-].[CH3-].[CH3-].[CH3-].[CH3-].[CH3-].[CH3-].[CH3-]. The Morgan fingerprint density at radius 3 is 0.636 bits per heavy atom. The van der Waals surface area contributed by atoms with Crippen LogP contribution in [0.3, 0.4) is 0 Å². The molecule has 0 aliphatic heterocycles. The molecule has 4 nitrogen and oxygen atoms in total. The van der Waals surface area contributed by atoms with Gasteiger partial charge in [0.25, 0.3) is 0 Å². The molecule has 0 saturated heterocycles. The maximum Gasteiger partial charge on any atom is 3.00 e. The quantitative estimate of drug-likeness (QED) is 0.123. The third-order valence-corrected chi connectivity index (χ3v) is 11.1. The second-order valence-electron chi connectivity index (χ2n) is 14.2. The molecule has 66 heavy (non-hydrogen) atoms.